The van der Waals surface area contributed by atoms with E-state index in [0.29, 0.717) is 11.6 Å². The van der Waals surface area contributed by atoms with Crippen molar-refractivity contribution in [3.8, 4) is 5.88 Å². The lowest BCUT2D eigenvalue weighted by Crippen LogP contribution is -2.28. The van der Waals surface area contributed by atoms with Crippen molar-refractivity contribution in [1.82, 2.24) is 9.27 Å². The molecule has 0 aliphatic heterocycles. The van der Waals surface area contributed by atoms with Crippen LogP contribution in [0.4, 0.5) is 9.80 Å². The molecule has 7 nitrogen and oxygen atoms in total. The number of rotatable bonds is 7. The Morgan fingerprint density at radius 1 is 1.36 bits per heavy atom. The fourth-order valence-electron chi connectivity index (χ4n) is 2.20. The van der Waals surface area contributed by atoms with Crippen LogP contribution in [0, 0.1) is 6.92 Å². The van der Waals surface area contributed by atoms with Gasteiger partial charge in [0.15, 0.2) is 0 Å². The number of nitrogens with one attached hydrogen (secondary N) is 1. The van der Waals surface area contributed by atoms with Crippen LogP contribution in [-0.4, -0.2) is 41.9 Å². The van der Waals surface area contributed by atoms with Gasteiger partial charge in [0.25, 0.3) is 5.91 Å². The lowest BCUT2D eigenvalue weighted by atomic mass is 10.1. The minimum absolute atomic E-state index is 0.107. The summed E-state index contributed by atoms with van der Waals surface area (Å²) in [5.74, 6) is -0.521. The third-order valence-corrected chi connectivity index (χ3v) is 4.21. The summed E-state index contributed by atoms with van der Waals surface area (Å²) in [5.41, 5.74) is 7.96. The number of amides is 3. The first kappa shape index (κ1) is 18.7. The van der Waals surface area contributed by atoms with Gasteiger partial charge in [0.1, 0.15) is 10.6 Å². The topological polar surface area (TPSA) is 97.6 Å². The molecule has 1 aromatic heterocycles. The summed E-state index contributed by atoms with van der Waals surface area (Å²) < 4.78 is 9.70. The van der Waals surface area contributed by atoms with E-state index in [9.17, 15) is 9.59 Å². The summed E-state index contributed by atoms with van der Waals surface area (Å²) in [7, 11) is 3.20. The Morgan fingerprint density at radius 2 is 2.12 bits per heavy atom. The molecule has 0 bridgehead atoms. The molecule has 3 N–H and O–H groups in total. The van der Waals surface area contributed by atoms with Crippen LogP contribution in [0.5, 0.6) is 5.88 Å². The number of ether oxygens (including phenoxy) is 1. The molecular formula is C17H22N4O3S. The minimum atomic E-state index is -0.684. The van der Waals surface area contributed by atoms with Gasteiger partial charge in [-0.1, -0.05) is 29.8 Å². The highest BCUT2D eigenvalue weighted by atomic mass is 32.1. The predicted octanol–water partition coefficient (Wildman–Crippen LogP) is 2.66. The number of primary amides is 1. The first-order valence-electron chi connectivity index (χ1n) is 7.84. The van der Waals surface area contributed by atoms with Crippen molar-refractivity contribution in [2.24, 2.45) is 5.73 Å². The molecule has 0 saturated heterocycles. The van der Waals surface area contributed by atoms with Crippen LogP contribution in [0.2, 0.25) is 0 Å². The summed E-state index contributed by atoms with van der Waals surface area (Å²) in [4.78, 5) is 24.8. The number of hydrogen-bond acceptors (Lipinski definition) is 5. The Labute approximate surface area is 150 Å². The normalized spacial score (nSPS) is 10.4. The smallest absolute Gasteiger partial charge is 0.321 e. The van der Waals surface area contributed by atoms with Crippen molar-refractivity contribution < 1.29 is 14.3 Å². The van der Waals surface area contributed by atoms with Crippen LogP contribution < -0.4 is 15.8 Å². The van der Waals surface area contributed by atoms with Gasteiger partial charge in [-0.25, -0.2) is 4.79 Å². The number of nitrogens with two attached hydrogens (primary N) is 1. The van der Waals surface area contributed by atoms with Crippen LogP contribution in [-0.2, 0) is 6.42 Å². The third-order valence-electron chi connectivity index (χ3n) is 3.46. The van der Waals surface area contributed by atoms with Crippen molar-refractivity contribution in [3.63, 3.8) is 0 Å². The largest absolute Gasteiger partial charge is 0.476 e. The van der Waals surface area contributed by atoms with Crippen LogP contribution >= 0.6 is 11.5 Å². The zero-order valence-electron chi connectivity index (χ0n) is 14.5. The maximum absolute atomic E-state index is 11.7. The molecule has 0 saturated carbocycles. The standard InChI is InChI=1S/C17H22N4O3S/c1-11-6-4-7-12(10-11)8-5-9-24-15-13(14(18)22)16(25-20-15)19-17(23)21(2)3/h4,6-7,10H,5,8-9H2,1-3H3,(H2,18,22)(H,19,23). The molecule has 3 amide bonds. The highest BCUT2D eigenvalue weighted by Gasteiger charge is 2.22. The zero-order valence-corrected chi connectivity index (χ0v) is 15.4. The molecule has 1 aromatic carbocycles. The number of hydrogen-bond donors (Lipinski definition) is 2. The summed E-state index contributed by atoms with van der Waals surface area (Å²) in [6.07, 6.45) is 1.64. The van der Waals surface area contributed by atoms with Crippen molar-refractivity contribution in [2.75, 3.05) is 26.0 Å². The predicted molar refractivity (Wildman–Crippen MR) is 98.3 cm³/mol. The summed E-state index contributed by atoms with van der Waals surface area (Å²) >= 11 is 0.972. The third kappa shape index (κ3) is 5.18. The van der Waals surface area contributed by atoms with Gasteiger partial charge in [-0.05, 0) is 36.9 Å². The first-order valence-corrected chi connectivity index (χ1v) is 8.62. The van der Waals surface area contributed by atoms with E-state index in [2.05, 4.69) is 34.8 Å². The molecule has 25 heavy (non-hydrogen) atoms. The minimum Gasteiger partial charge on any atom is -0.476 e. The number of carbonyl (C=O) groups excluding carboxylic acids is 2. The highest BCUT2D eigenvalue weighted by Crippen LogP contribution is 2.30. The molecule has 0 aliphatic carbocycles. The van der Waals surface area contributed by atoms with E-state index < -0.39 is 5.91 Å². The average Bonchev–Trinajstić information content (AvgIpc) is 2.94. The highest BCUT2D eigenvalue weighted by molar-refractivity contribution is 7.11. The van der Waals surface area contributed by atoms with E-state index in [-0.39, 0.29) is 17.5 Å². The number of nitrogens with zero attached hydrogens (tertiary/aromatic N) is 2. The van der Waals surface area contributed by atoms with E-state index >= 15 is 0 Å². The van der Waals surface area contributed by atoms with Gasteiger partial charge < -0.3 is 15.4 Å². The van der Waals surface area contributed by atoms with E-state index in [0.717, 1.165) is 24.4 Å². The molecule has 134 valence electrons. The molecule has 2 rings (SSSR count). The van der Waals surface area contributed by atoms with Crippen LogP contribution in [0.1, 0.15) is 27.9 Å². The zero-order chi connectivity index (χ0) is 18.4. The van der Waals surface area contributed by atoms with E-state index in [1.807, 2.05) is 6.07 Å². The maximum Gasteiger partial charge on any atom is 0.321 e. The summed E-state index contributed by atoms with van der Waals surface area (Å²) in [5, 5.41) is 2.89. The Kier molecular flexibility index (Phi) is 6.35. The van der Waals surface area contributed by atoms with Gasteiger partial charge >= 0.3 is 6.03 Å². The van der Waals surface area contributed by atoms with Crippen molar-refractivity contribution in [1.29, 1.82) is 0 Å². The number of aromatic nitrogens is 1. The lowest BCUT2D eigenvalue weighted by molar-refractivity contribution is 0.0997. The molecule has 0 fully saturated rings. The Bertz CT molecular complexity index is 758. The summed E-state index contributed by atoms with van der Waals surface area (Å²) in [6.45, 7) is 2.46. The Morgan fingerprint density at radius 3 is 2.76 bits per heavy atom. The summed E-state index contributed by atoms with van der Waals surface area (Å²) in [6, 6.07) is 7.91. The second-order valence-corrected chi connectivity index (χ2v) is 6.60. The van der Waals surface area contributed by atoms with Crippen molar-refractivity contribution in [3.05, 3.63) is 41.0 Å². The number of benzene rings is 1. The molecule has 8 heteroatoms. The lowest BCUT2D eigenvalue weighted by Gasteiger charge is -2.11. The van der Waals surface area contributed by atoms with E-state index in [1.54, 1.807) is 14.1 Å². The van der Waals surface area contributed by atoms with Crippen LogP contribution in [0.3, 0.4) is 0 Å². The van der Waals surface area contributed by atoms with Crippen molar-refractivity contribution in [2.45, 2.75) is 19.8 Å². The Hall–Kier alpha value is -2.61. The van der Waals surface area contributed by atoms with Gasteiger partial charge in [-0.3, -0.25) is 10.1 Å². The second-order valence-electron chi connectivity index (χ2n) is 5.82. The SMILES string of the molecule is Cc1cccc(CCCOc2nsc(NC(=O)N(C)C)c2C(N)=O)c1. The number of urea groups is 1. The molecule has 1 heterocycles. The molecular weight excluding hydrogens is 340 g/mol. The van der Waals surface area contributed by atoms with Crippen LogP contribution in [0.25, 0.3) is 0 Å². The molecule has 0 atom stereocenters. The van der Waals surface area contributed by atoms with E-state index in [1.165, 1.54) is 16.0 Å². The second kappa shape index (κ2) is 8.48. The van der Waals surface area contributed by atoms with Gasteiger partial charge in [0, 0.05) is 14.1 Å². The molecule has 0 unspecified atom stereocenters. The fraction of sp³-hybridized carbons (Fsp3) is 0.353. The molecule has 0 spiro atoms. The van der Waals surface area contributed by atoms with Gasteiger partial charge in [-0.2, -0.15) is 4.37 Å². The van der Waals surface area contributed by atoms with Crippen LogP contribution in [0.15, 0.2) is 24.3 Å². The monoisotopic (exact) mass is 362 g/mol. The number of carbonyl (C=O) groups is 2. The average molecular weight is 362 g/mol. The Balaban J connectivity index is 1.96. The van der Waals surface area contributed by atoms with Gasteiger partial charge in [-0.15, -0.1) is 0 Å². The number of anilines is 1. The van der Waals surface area contributed by atoms with Gasteiger partial charge in [0.05, 0.1) is 6.61 Å². The number of aryl methyl sites for hydroxylation is 2. The molecule has 2 aromatic rings. The maximum atomic E-state index is 11.7. The van der Waals surface area contributed by atoms with Gasteiger partial charge in [0.2, 0.25) is 5.88 Å². The molecule has 0 radical (unpaired) electrons. The molecule has 0 aliphatic rings. The van der Waals surface area contributed by atoms with Crippen molar-refractivity contribution >= 4 is 28.5 Å². The first-order chi connectivity index (χ1) is 11.9. The fourth-order valence-corrected chi connectivity index (χ4v) is 2.93. The quantitative estimate of drug-likeness (QED) is 0.740. The van der Waals surface area contributed by atoms with E-state index in [4.69, 9.17) is 10.5 Å².